The molecule has 0 atom stereocenters. The van der Waals surface area contributed by atoms with Crippen molar-refractivity contribution < 1.29 is 41.8 Å². The SMILES string of the molecule is CC1(C)CNC(=O)c2ccc(cc2)Nc2nc(nc(OCC(F)(F)F)n2)NCc2ccc(c(Cl)c2)OCCCN(C(=O)C(=O)N2CCOCC2)C1. The Kier molecular flexibility index (Phi) is 12.0. The van der Waals surface area contributed by atoms with Crippen molar-refractivity contribution in [2.24, 2.45) is 5.41 Å². The number of alkyl halides is 3. The van der Waals surface area contributed by atoms with E-state index in [1.54, 1.807) is 42.5 Å². The van der Waals surface area contributed by atoms with E-state index < -0.39 is 36.0 Å². The Balaban J connectivity index is 1.38. The number of hydrogen-bond acceptors (Lipinski definition) is 11. The van der Waals surface area contributed by atoms with Gasteiger partial charge in [0.25, 0.3) is 5.91 Å². The van der Waals surface area contributed by atoms with E-state index >= 15 is 0 Å². The van der Waals surface area contributed by atoms with Crippen molar-refractivity contribution in [1.29, 1.82) is 0 Å². The minimum atomic E-state index is -4.61. The van der Waals surface area contributed by atoms with Gasteiger partial charge in [-0.1, -0.05) is 31.5 Å². The van der Waals surface area contributed by atoms with E-state index in [4.69, 9.17) is 25.8 Å². The molecule has 1 aromatic heterocycles. The zero-order valence-electron chi connectivity index (χ0n) is 28.0. The lowest BCUT2D eigenvalue weighted by molar-refractivity contribution is -0.154. The lowest BCUT2D eigenvalue weighted by atomic mass is 9.92. The number of halogens is 4. The first-order valence-corrected chi connectivity index (χ1v) is 16.5. The standard InChI is InChI=1S/C33H38ClF3N8O6/c1-32(2)18-39-26(46)22-5-7-23(8-6-22)40-30-41-29(42-31(43-30)51-20-33(35,36)37)38-17-21-4-9-25(24(34)16-21)50-13-3-10-45(19-32)28(48)27(47)44-11-14-49-15-12-44/h4-9,16H,3,10-15,17-20H2,1-2H3,(H,39,46)(H2,38,40,41,42,43). The molecule has 6 bridgehead atoms. The van der Waals surface area contributed by atoms with Crippen LogP contribution in [0.4, 0.5) is 30.8 Å². The monoisotopic (exact) mass is 734 g/mol. The van der Waals surface area contributed by atoms with Crippen molar-refractivity contribution in [3.8, 4) is 11.8 Å². The number of carbonyl (C=O) groups is 3. The number of amides is 3. The van der Waals surface area contributed by atoms with Gasteiger partial charge in [0.1, 0.15) is 5.75 Å². The maximum atomic E-state index is 13.5. The van der Waals surface area contributed by atoms with Crippen molar-refractivity contribution in [3.05, 3.63) is 58.6 Å². The number of morpholine rings is 1. The Hall–Kier alpha value is -4.90. The lowest BCUT2D eigenvalue weighted by Gasteiger charge is -2.34. The fourth-order valence-corrected chi connectivity index (χ4v) is 5.47. The van der Waals surface area contributed by atoms with Crippen molar-refractivity contribution in [1.82, 2.24) is 30.1 Å². The van der Waals surface area contributed by atoms with Gasteiger partial charge in [-0.05, 0) is 53.8 Å². The smallest absolute Gasteiger partial charge is 0.422 e. The maximum Gasteiger partial charge on any atom is 0.422 e. The van der Waals surface area contributed by atoms with Gasteiger partial charge in [-0.2, -0.15) is 28.1 Å². The summed E-state index contributed by atoms with van der Waals surface area (Å²) < 4.78 is 54.7. The van der Waals surface area contributed by atoms with Gasteiger partial charge in [-0.15, -0.1) is 0 Å². The summed E-state index contributed by atoms with van der Waals surface area (Å²) in [5.74, 6) is -1.41. The zero-order chi connectivity index (χ0) is 36.6. The highest BCUT2D eigenvalue weighted by Gasteiger charge is 2.32. The summed E-state index contributed by atoms with van der Waals surface area (Å²) in [7, 11) is 0. The number of anilines is 3. The van der Waals surface area contributed by atoms with Crippen LogP contribution in [0.2, 0.25) is 5.02 Å². The highest BCUT2D eigenvalue weighted by molar-refractivity contribution is 6.35. The topological polar surface area (TPSA) is 160 Å². The van der Waals surface area contributed by atoms with Crippen LogP contribution >= 0.6 is 11.6 Å². The van der Waals surface area contributed by atoms with Gasteiger partial charge in [0, 0.05) is 50.5 Å². The molecular weight excluding hydrogens is 697 g/mol. The van der Waals surface area contributed by atoms with E-state index in [1.807, 2.05) is 13.8 Å². The van der Waals surface area contributed by atoms with Gasteiger partial charge in [-0.3, -0.25) is 14.4 Å². The molecule has 3 amide bonds. The Morgan fingerprint density at radius 2 is 1.65 bits per heavy atom. The van der Waals surface area contributed by atoms with Gasteiger partial charge < -0.3 is 40.0 Å². The van der Waals surface area contributed by atoms with Gasteiger partial charge in [-0.25, -0.2) is 0 Å². The Bertz CT molecular complexity index is 1710. The predicted molar refractivity (Wildman–Crippen MR) is 180 cm³/mol. The minimum absolute atomic E-state index is 0.0691. The molecular formula is C33H38ClF3N8O6. The molecule has 51 heavy (non-hydrogen) atoms. The van der Waals surface area contributed by atoms with E-state index in [0.29, 0.717) is 60.3 Å². The summed E-state index contributed by atoms with van der Waals surface area (Å²) in [5.41, 5.74) is 0.808. The average Bonchev–Trinajstić information content (AvgIpc) is 3.10. The average molecular weight is 735 g/mol. The van der Waals surface area contributed by atoms with Crippen molar-refractivity contribution in [3.63, 3.8) is 0 Å². The number of rotatable bonds is 2. The van der Waals surface area contributed by atoms with E-state index in [1.165, 1.54) is 9.80 Å². The number of nitrogens with one attached hydrogen (secondary N) is 3. The van der Waals surface area contributed by atoms with Gasteiger partial charge in [0.2, 0.25) is 11.9 Å². The second kappa shape index (κ2) is 16.4. The molecule has 5 aliphatic rings. The largest absolute Gasteiger partial charge is 0.492 e. The van der Waals surface area contributed by atoms with E-state index in [2.05, 4.69) is 30.9 Å². The third kappa shape index (κ3) is 11.0. The van der Waals surface area contributed by atoms with Crippen LogP contribution in [0.25, 0.3) is 0 Å². The van der Waals surface area contributed by atoms with Crippen LogP contribution in [0.5, 0.6) is 11.8 Å². The molecule has 0 radical (unpaired) electrons. The number of aromatic nitrogens is 3. The Morgan fingerprint density at radius 3 is 2.35 bits per heavy atom. The van der Waals surface area contributed by atoms with Crippen LogP contribution < -0.4 is 25.4 Å². The molecule has 0 aliphatic carbocycles. The summed E-state index contributed by atoms with van der Waals surface area (Å²) in [6.45, 7) is 4.41. The van der Waals surface area contributed by atoms with Gasteiger partial charge in [0.05, 0.1) is 24.8 Å². The maximum absolute atomic E-state index is 13.5. The van der Waals surface area contributed by atoms with E-state index in [-0.39, 0.29) is 50.6 Å². The van der Waals surface area contributed by atoms with Crippen molar-refractivity contribution in [2.75, 3.05) is 69.8 Å². The number of nitrogens with zero attached hydrogens (tertiary/aromatic N) is 5. The van der Waals surface area contributed by atoms with Crippen LogP contribution in [0.15, 0.2) is 42.5 Å². The first-order valence-electron chi connectivity index (χ1n) is 16.2. The highest BCUT2D eigenvalue weighted by Crippen LogP contribution is 2.27. The molecule has 8 rings (SSSR count). The van der Waals surface area contributed by atoms with Gasteiger partial charge >= 0.3 is 24.0 Å². The van der Waals surface area contributed by atoms with Crippen LogP contribution in [0.1, 0.15) is 36.2 Å². The fourth-order valence-electron chi connectivity index (χ4n) is 5.21. The zero-order valence-corrected chi connectivity index (χ0v) is 28.8. The summed E-state index contributed by atoms with van der Waals surface area (Å²) >= 11 is 6.50. The lowest BCUT2D eigenvalue weighted by Crippen LogP contribution is -2.52. The number of ether oxygens (including phenoxy) is 3. The molecule has 5 aliphatic heterocycles. The fraction of sp³-hybridized carbons (Fsp3) is 0.455. The quantitative estimate of drug-likeness (QED) is 0.326. The molecule has 2 aromatic carbocycles. The van der Waals surface area contributed by atoms with E-state index in [9.17, 15) is 27.6 Å². The van der Waals surface area contributed by atoms with Crippen molar-refractivity contribution >= 4 is 46.9 Å². The highest BCUT2D eigenvalue weighted by atomic mass is 35.5. The molecule has 0 unspecified atom stereocenters. The molecule has 3 aromatic rings. The number of carbonyl (C=O) groups excluding carboxylic acids is 3. The normalized spacial score (nSPS) is 17.3. The third-order valence-electron chi connectivity index (χ3n) is 7.77. The molecule has 274 valence electrons. The van der Waals surface area contributed by atoms with Gasteiger partial charge in [0.15, 0.2) is 6.61 Å². The third-order valence-corrected chi connectivity index (χ3v) is 8.07. The summed E-state index contributed by atoms with van der Waals surface area (Å²) in [4.78, 5) is 54.9. The molecule has 1 fully saturated rings. The second-order valence-corrected chi connectivity index (χ2v) is 13.1. The molecule has 1 saturated heterocycles. The van der Waals surface area contributed by atoms with Crippen molar-refractivity contribution in [2.45, 2.75) is 33.0 Å². The van der Waals surface area contributed by atoms with Crippen LogP contribution in [-0.2, 0) is 20.9 Å². The summed E-state index contributed by atoms with van der Waals surface area (Å²) in [6.07, 6.45) is -4.23. The molecule has 14 nitrogen and oxygen atoms in total. The Morgan fingerprint density at radius 1 is 0.941 bits per heavy atom. The van der Waals surface area contributed by atoms with Crippen LogP contribution in [0.3, 0.4) is 0 Å². The minimum Gasteiger partial charge on any atom is -0.492 e. The second-order valence-electron chi connectivity index (χ2n) is 12.7. The van der Waals surface area contributed by atoms with E-state index in [0.717, 1.165) is 0 Å². The summed E-state index contributed by atoms with van der Waals surface area (Å²) in [6, 6.07) is 10.8. The van der Waals surface area contributed by atoms with Crippen LogP contribution in [-0.4, -0.2) is 108 Å². The molecule has 3 N–H and O–H groups in total. The van der Waals surface area contributed by atoms with Crippen LogP contribution in [0, 0.1) is 5.41 Å². The predicted octanol–water partition coefficient (Wildman–Crippen LogP) is 4.05. The molecule has 18 heteroatoms. The first-order chi connectivity index (χ1) is 24.2. The number of benzene rings is 2. The first kappa shape index (κ1) is 37.4. The molecule has 0 saturated carbocycles. The summed E-state index contributed by atoms with van der Waals surface area (Å²) in [5, 5.41) is 9.03. The molecule has 6 heterocycles. The molecule has 0 spiro atoms. The number of hydrogen-bond donors (Lipinski definition) is 3. The Labute approximate surface area is 297 Å².